The highest BCUT2D eigenvalue weighted by Crippen LogP contribution is 2.43. The van der Waals surface area contributed by atoms with Gasteiger partial charge in [-0.3, -0.25) is 0 Å². The first-order valence-corrected chi connectivity index (χ1v) is 8.48. The third-order valence-corrected chi connectivity index (χ3v) is 4.66. The Hall–Kier alpha value is -0.540. The minimum Gasteiger partial charge on any atom is -0.494 e. The molecule has 0 unspecified atom stereocenters. The molecule has 1 aliphatic rings. The molecule has 1 saturated carbocycles. The molecule has 1 aromatic carbocycles. The number of ether oxygens (including phenoxy) is 1. The topological polar surface area (TPSA) is 21.3 Å². The van der Waals surface area contributed by atoms with Gasteiger partial charge in [0.15, 0.2) is 0 Å². The van der Waals surface area contributed by atoms with Gasteiger partial charge in [-0.25, -0.2) is 0 Å². The molecule has 1 aromatic rings. The lowest BCUT2D eigenvalue weighted by atomic mass is 9.66. The van der Waals surface area contributed by atoms with Crippen molar-refractivity contribution < 1.29 is 4.74 Å². The molecule has 0 aromatic heterocycles. The zero-order valence-electron chi connectivity index (χ0n) is 12.6. The summed E-state index contributed by atoms with van der Waals surface area (Å²) in [4.78, 5) is 0. The fourth-order valence-corrected chi connectivity index (χ4v) is 3.14. The molecule has 1 fully saturated rings. The van der Waals surface area contributed by atoms with Crippen LogP contribution in [0.5, 0.6) is 5.75 Å². The van der Waals surface area contributed by atoms with Crippen molar-refractivity contribution in [3.63, 3.8) is 0 Å². The van der Waals surface area contributed by atoms with Crippen molar-refractivity contribution in [1.29, 1.82) is 0 Å². The summed E-state index contributed by atoms with van der Waals surface area (Å²) in [6.07, 6.45) is 5.23. The van der Waals surface area contributed by atoms with Crippen LogP contribution in [-0.2, 0) is 0 Å². The van der Waals surface area contributed by atoms with Crippen LogP contribution in [0, 0.1) is 11.3 Å². The molecule has 2 rings (SSSR count). The molecule has 0 aliphatic heterocycles. The van der Waals surface area contributed by atoms with Crippen molar-refractivity contribution in [2.45, 2.75) is 39.5 Å². The molecule has 0 heterocycles. The smallest absolute Gasteiger partial charge is 0.120 e. The molecule has 0 amide bonds. The first-order valence-electron chi connectivity index (χ1n) is 7.69. The van der Waals surface area contributed by atoms with Crippen molar-refractivity contribution in [3.05, 3.63) is 28.7 Å². The first kappa shape index (κ1) is 15.8. The summed E-state index contributed by atoms with van der Waals surface area (Å²) < 4.78 is 6.96. The van der Waals surface area contributed by atoms with Gasteiger partial charge in [0.2, 0.25) is 0 Å². The van der Waals surface area contributed by atoms with Gasteiger partial charge in [0.05, 0.1) is 6.61 Å². The predicted molar refractivity (Wildman–Crippen MR) is 88.2 cm³/mol. The van der Waals surface area contributed by atoms with Crippen molar-refractivity contribution in [2.75, 3.05) is 19.7 Å². The maximum absolute atomic E-state index is 5.89. The summed E-state index contributed by atoms with van der Waals surface area (Å²) >= 11 is 3.48. The normalized spacial score (nSPS) is 17.0. The molecule has 0 bridgehead atoms. The fourth-order valence-electron chi connectivity index (χ4n) is 2.76. The Morgan fingerprint density at radius 2 is 2.15 bits per heavy atom. The summed E-state index contributed by atoms with van der Waals surface area (Å²) in [6.45, 7) is 7.61. The highest BCUT2D eigenvalue weighted by Gasteiger charge is 2.36. The highest BCUT2D eigenvalue weighted by atomic mass is 79.9. The quantitative estimate of drug-likeness (QED) is 0.745. The zero-order chi connectivity index (χ0) is 14.4. The van der Waals surface area contributed by atoms with E-state index < -0.39 is 0 Å². The lowest BCUT2D eigenvalue weighted by molar-refractivity contribution is 0.0912. The second-order valence-electron chi connectivity index (χ2n) is 6.43. The van der Waals surface area contributed by atoms with Crippen LogP contribution in [0.15, 0.2) is 28.7 Å². The third kappa shape index (κ3) is 4.78. The minimum atomic E-state index is 0.487. The van der Waals surface area contributed by atoms with Gasteiger partial charge in [0, 0.05) is 11.0 Å². The van der Waals surface area contributed by atoms with E-state index in [1.165, 1.54) is 19.3 Å². The molecule has 0 atom stereocenters. The van der Waals surface area contributed by atoms with Gasteiger partial charge in [-0.2, -0.15) is 0 Å². The van der Waals surface area contributed by atoms with E-state index in [1.807, 2.05) is 24.3 Å². The Kier molecular flexibility index (Phi) is 5.91. The van der Waals surface area contributed by atoms with Gasteiger partial charge < -0.3 is 10.1 Å². The largest absolute Gasteiger partial charge is 0.494 e. The van der Waals surface area contributed by atoms with Gasteiger partial charge in [0.1, 0.15) is 5.75 Å². The van der Waals surface area contributed by atoms with Gasteiger partial charge in [-0.1, -0.05) is 42.3 Å². The van der Waals surface area contributed by atoms with Gasteiger partial charge in [-0.15, -0.1) is 0 Å². The predicted octanol–water partition coefficient (Wildman–Crippen LogP) is 4.63. The zero-order valence-corrected chi connectivity index (χ0v) is 14.2. The van der Waals surface area contributed by atoms with E-state index in [4.69, 9.17) is 4.74 Å². The highest BCUT2D eigenvalue weighted by molar-refractivity contribution is 9.10. The maximum atomic E-state index is 5.89. The van der Waals surface area contributed by atoms with Crippen LogP contribution in [0.4, 0.5) is 0 Å². The molecule has 0 radical (unpaired) electrons. The van der Waals surface area contributed by atoms with E-state index in [1.54, 1.807) is 0 Å². The van der Waals surface area contributed by atoms with Crippen LogP contribution in [0.25, 0.3) is 0 Å². The molecule has 2 nitrogen and oxygen atoms in total. The molecular formula is C17H26BrNO. The molecule has 1 aliphatic carbocycles. The van der Waals surface area contributed by atoms with Crippen LogP contribution < -0.4 is 10.1 Å². The van der Waals surface area contributed by atoms with E-state index in [0.29, 0.717) is 5.41 Å². The van der Waals surface area contributed by atoms with Crippen LogP contribution in [0.2, 0.25) is 0 Å². The minimum absolute atomic E-state index is 0.487. The van der Waals surface area contributed by atoms with Crippen molar-refractivity contribution in [2.24, 2.45) is 11.3 Å². The van der Waals surface area contributed by atoms with Gasteiger partial charge in [0.25, 0.3) is 0 Å². The molecular weight excluding hydrogens is 314 g/mol. The van der Waals surface area contributed by atoms with E-state index in [0.717, 1.165) is 42.3 Å². The number of benzene rings is 1. The third-order valence-electron chi connectivity index (χ3n) is 4.16. The molecule has 3 heteroatoms. The summed E-state index contributed by atoms with van der Waals surface area (Å²) in [5.74, 6) is 1.69. The Balaban J connectivity index is 1.73. The van der Waals surface area contributed by atoms with E-state index in [9.17, 15) is 0 Å². The standard InChI is InChI=1S/C17H26BrNO/c1-14(2)12-19-13-17(7-4-8-17)9-10-20-16-6-3-5-15(18)11-16/h3,5-6,11,14,19H,4,7-10,12-13H2,1-2H3. The SMILES string of the molecule is CC(C)CNCC1(CCOc2cccc(Br)c2)CCC1. The van der Waals surface area contributed by atoms with Crippen LogP contribution in [0.1, 0.15) is 39.5 Å². The second-order valence-corrected chi connectivity index (χ2v) is 7.35. The molecule has 20 heavy (non-hydrogen) atoms. The van der Waals surface area contributed by atoms with Gasteiger partial charge in [-0.05, 0) is 55.3 Å². The van der Waals surface area contributed by atoms with Crippen LogP contribution in [0.3, 0.4) is 0 Å². The van der Waals surface area contributed by atoms with E-state index in [-0.39, 0.29) is 0 Å². The fraction of sp³-hybridized carbons (Fsp3) is 0.647. The number of rotatable bonds is 8. The Labute approximate surface area is 131 Å². The average Bonchev–Trinajstić information content (AvgIpc) is 2.34. The van der Waals surface area contributed by atoms with Crippen molar-refractivity contribution >= 4 is 15.9 Å². The van der Waals surface area contributed by atoms with E-state index in [2.05, 4.69) is 35.1 Å². The first-order chi connectivity index (χ1) is 9.60. The average molecular weight is 340 g/mol. The summed E-state index contributed by atoms with van der Waals surface area (Å²) in [5.41, 5.74) is 0.487. The second kappa shape index (κ2) is 7.46. The Morgan fingerprint density at radius 3 is 2.75 bits per heavy atom. The molecule has 0 saturated heterocycles. The van der Waals surface area contributed by atoms with Crippen molar-refractivity contribution in [1.82, 2.24) is 5.32 Å². The molecule has 1 N–H and O–H groups in total. The number of halogens is 1. The molecule has 0 spiro atoms. The monoisotopic (exact) mass is 339 g/mol. The Bertz CT molecular complexity index is 415. The van der Waals surface area contributed by atoms with Crippen LogP contribution in [-0.4, -0.2) is 19.7 Å². The number of nitrogens with one attached hydrogen (secondary N) is 1. The lowest BCUT2D eigenvalue weighted by Crippen LogP contribution is -2.42. The summed E-state index contributed by atoms with van der Waals surface area (Å²) in [7, 11) is 0. The van der Waals surface area contributed by atoms with Crippen molar-refractivity contribution in [3.8, 4) is 5.75 Å². The van der Waals surface area contributed by atoms with Gasteiger partial charge >= 0.3 is 0 Å². The van der Waals surface area contributed by atoms with E-state index >= 15 is 0 Å². The summed E-state index contributed by atoms with van der Waals surface area (Å²) in [6, 6.07) is 8.10. The van der Waals surface area contributed by atoms with Crippen LogP contribution >= 0.6 is 15.9 Å². The number of hydrogen-bond donors (Lipinski definition) is 1. The lowest BCUT2D eigenvalue weighted by Gasteiger charge is -2.42. The molecule has 112 valence electrons. The maximum Gasteiger partial charge on any atom is 0.120 e. The number of hydrogen-bond acceptors (Lipinski definition) is 2. The Morgan fingerprint density at radius 1 is 1.35 bits per heavy atom. The summed E-state index contributed by atoms with van der Waals surface area (Å²) in [5, 5.41) is 3.62.